The molecule has 0 amide bonds. The molecule has 1 atom stereocenters. The van der Waals surface area contributed by atoms with Crippen molar-refractivity contribution in [2.45, 2.75) is 19.8 Å². The quantitative estimate of drug-likeness (QED) is 0.663. The van der Waals surface area contributed by atoms with Gasteiger partial charge in [0.25, 0.3) is 5.69 Å². The van der Waals surface area contributed by atoms with Crippen molar-refractivity contribution in [3.05, 3.63) is 26.3 Å². The number of pyridine rings is 1. The van der Waals surface area contributed by atoms with Gasteiger partial charge in [-0.15, -0.1) is 0 Å². The van der Waals surface area contributed by atoms with Crippen molar-refractivity contribution in [1.82, 2.24) is 10.3 Å². The fraction of sp³-hybridized carbons (Fsp3) is 0.583. The van der Waals surface area contributed by atoms with Gasteiger partial charge in [0.15, 0.2) is 0 Å². The van der Waals surface area contributed by atoms with Gasteiger partial charge < -0.3 is 10.1 Å². The summed E-state index contributed by atoms with van der Waals surface area (Å²) >= 11 is 3.31. The van der Waals surface area contributed by atoms with Crippen molar-refractivity contribution in [1.29, 1.82) is 0 Å². The van der Waals surface area contributed by atoms with Crippen molar-refractivity contribution < 1.29 is 9.66 Å². The highest BCUT2D eigenvalue weighted by Gasteiger charge is 2.19. The van der Waals surface area contributed by atoms with Gasteiger partial charge in [0.1, 0.15) is 6.20 Å². The molecule has 1 unspecified atom stereocenters. The van der Waals surface area contributed by atoms with E-state index in [1.165, 1.54) is 12.6 Å². The molecule has 1 fully saturated rings. The second kappa shape index (κ2) is 6.29. The number of ether oxygens (including phenoxy) is 1. The molecule has 1 aliphatic rings. The molecule has 0 bridgehead atoms. The number of halogens is 1. The van der Waals surface area contributed by atoms with Gasteiger partial charge in [0, 0.05) is 5.56 Å². The zero-order valence-electron chi connectivity index (χ0n) is 10.7. The van der Waals surface area contributed by atoms with Crippen molar-refractivity contribution in [2.75, 3.05) is 19.7 Å². The van der Waals surface area contributed by atoms with Crippen LogP contribution < -0.4 is 10.1 Å². The molecule has 1 N–H and O–H groups in total. The van der Waals surface area contributed by atoms with Gasteiger partial charge in [-0.05, 0) is 54.7 Å². The summed E-state index contributed by atoms with van der Waals surface area (Å²) in [5, 5.41) is 14.1. The lowest BCUT2D eigenvalue weighted by atomic mass is 10.1. The van der Waals surface area contributed by atoms with Gasteiger partial charge in [-0.1, -0.05) is 0 Å². The monoisotopic (exact) mass is 329 g/mol. The Bertz CT molecular complexity index is 476. The standard InChI is InChI=1S/C12H16BrN3O3/c1-8-10(16(17)18)7-15-12(11(8)13)19-5-3-9-2-4-14-6-9/h7,9,14H,2-6H2,1H3. The van der Waals surface area contributed by atoms with Crippen LogP contribution in [-0.4, -0.2) is 29.6 Å². The smallest absolute Gasteiger partial charge is 0.291 e. The minimum Gasteiger partial charge on any atom is -0.477 e. The molecule has 0 aliphatic carbocycles. The van der Waals surface area contributed by atoms with Crippen LogP contribution in [0.4, 0.5) is 5.69 Å². The van der Waals surface area contributed by atoms with E-state index >= 15 is 0 Å². The molecule has 1 aromatic heterocycles. The van der Waals surface area contributed by atoms with E-state index in [2.05, 4.69) is 26.2 Å². The van der Waals surface area contributed by atoms with Crippen LogP contribution in [0.5, 0.6) is 5.88 Å². The Labute approximate surface area is 119 Å². The molecule has 19 heavy (non-hydrogen) atoms. The molecular formula is C12H16BrN3O3. The van der Waals surface area contributed by atoms with Crippen LogP contribution in [0.25, 0.3) is 0 Å². The molecule has 2 heterocycles. The minimum absolute atomic E-state index is 0.000724. The summed E-state index contributed by atoms with van der Waals surface area (Å²) in [7, 11) is 0. The third kappa shape index (κ3) is 3.42. The highest BCUT2D eigenvalue weighted by molar-refractivity contribution is 9.10. The van der Waals surface area contributed by atoms with Gasteiger partial charge in [-0.2, -0.15) is 0 Å². The first kappa shape index (κ1) is 14.2. The van der Waals surface area contributed by atoms with Crippen LogP contribution in [0, 0.1) is 23.0 Å². The third-order valence-corrected chi connectivity index (χ3v) is 4.26. The van der Waals surface area contributed by atoms with E-state index in [1.807, 2.05) is 0 Å². The second-order valence-electron chi connectivity index (χ2n) is 4.64. The Kier molecular flexibility index (Phi) is 4.71. The summed E-state index contributed by atoms with van der Waals surface area (Å²) in [4.78, 5) is 14.3. The summed E-state index contributed by atoms with van der Waals surface area (Å²) in [5.74, 6) is 1.08. The van der Waals surface area contributed by atoms with Crippen LogP contribution in [0.1, 0.15) is 18.4 Å². The van der Waals surface area contributed by atoms with Crippen LogP contribution in [0.3, 0.4) is 0 Å². The lowest BCUT2D eigenvalue weighted by Crippen LogP contribution is -2.12. The number of aromatic nitrogens is 1. The number of nitrogens with zero attached hydrogens (tertiary/aromatic N) is 2. The molecule has 6 nitrogen and oxygen atoms in total. The zero-order chi connectivity index (χ0) is 13.8. The molecule has 0 radical (unpaired) electrons. The Morgan fingerprint density at radius 1 is 1.68 bits per heavy atom. The first-order chi connectivity index (χ1) is 9.09. The molecule has 0 spiro atoms. The molecule has 0 saturated carbocycles. The second-order valence-corrected chi connectivity index (χ2v) is 5.43. The van der Waals surface area contributed by atoms with E-state index in [4.69, 9.17) is 4.74 Å². The first-order valence-corrected chi connectivity index (χ1v) is 7.02. The molecule has 2 rings (SSSR count). The lowest BCUT2D eigenvalue weighted by molar-refractivity contribution is -0.385. The van der Waals surface area contributed by atoms with Crippen molar-refractivity contribution in [3.63, 3.8) is 0 Å². The molecule has 1 aromatic rings. The number of hydrogen-bond acceptors (Lipinski definition) is 5. The summed E-state index contributed by atoms with van der Waals surface area (Å²) in [6, 6.07) is 0. The highest BCUT2D eigenvalue weighted by atomic mass is 79.9. The topological polar surface area (TPSA) is 77.3 Å². The van der Waals surface area contributed by atoms with Gasteiger partial charge in [-0.25, -0.2) is 4.98 Å². The maximum absolute atomic E-state index is 10.8. The molecule has 0 aromatic carbocycles. The number of nitrogens with one attached hydrogen (secondary N) is 1. The van der Waals surface area contributed by atoms with Gasteiger partial charge in [-0.3, -0.25) is 10.1 Å². The fourth-order valence-corrected chi connectivity index (χ4v) is 2.53. The number of rotatable bonds is 5. The number of nitro groups is 1. The highest BCUT2D eigenvalue weighted by Crippen LogP contribution is 2.32. The third-order valence-electron chi connectivity index (χ3n) is 3.33. The maximum atomic E-state index is 10.8. The Morgan fingerprint density at radius 3 is 3.11 bits per heavy atom. The number of hydrogen-bond donors (Lipinski definition) is 1. The minimum atomic E-state index is -0.443. The predicted octanol–water partition coefficient (Wildman–Crippen LogP) is 2.44. The lowest BCUT2D eigenvalue weighted by Gasteiger charge is -2.11. The summed E-state index contributed by atoms with van der Waals surface area (Å²) in [6.07, 6.45) is 3.39. The summed E-state index contributed by atoms with van der Waals surface area (Å²) < 4.78 is 6.17. The van der Waals surface area contributed by atoms with Gasteiger partial charge in [0.05, 0.1) is 16.0 Å². The molecule has 7 heteroatoms. The molecule has 1 saturated heterocycles. The summed E-state index contributed by atoms with van der Waals surface area (Å²) in [5.41, 5.74) is 0.539. The van der Waals surface area contributed by atoms with Crippen molar-refractivity contribution in [2.24, 2.45) is 5.92 Å². The van der Waals surface area contributed by atoms with Crippen LogP contribution in [0.15, 0.2) is 10.7 Å². The van der Waals surface area contributed by atoms with E-state index in [0.29, 0.717) is 28.4 Å². The van der Waals surface area contributed by atoms with E-state index < -0.39 is 4.92 Å². The van der Waals surface area contributed by atoms with Crippen molar-refractivity contribution in [3.8, 4) is 5.88 Å². The van der Waals surface area contributed by atoms with Crippen LogP contribution in [0.2, 0.25) is 0 Å². The zero-order valence-corrected chi connectivity index (χ0v) is 12.3. The average Bonchev–Trinajstić information content (AvgIpc) is 2.87. The molecular weight excluding hydrogens is 314 g/mol. The average molecular weight is 330 g/mol. The van der Waals surface area contributed by atoms with E-state index in [9.17, 15) is 10.1 Å². The Balaban J connectivity index is 1.96. The maximum Gasteiger partial charge on any atom is 0.291 e. The SMILES string of the molecule is Cc1c([N+](=O)[O-])cnc(OCCC2CCNC2)c1Br. The van der Waals surface area contributed by atoms with Crippen molar-refractivity contribution >= 4 is 21.6 Å². The summed E-state index contributed by atoms with van der Waals surface area (Å²) in [6.45, 7) is 4.37. The predicted molar refractivity (Wildman–Crippen MR) is 74.4 cm³/mol. The van der Waals surface area contributed by atoms with E-state index in [0.717, 1.165) is 19.5 Å². The Hall–Kier alpha value is -1.21. The van der Waals surface area contributed by atoms with Crippen LogP contribution >= 0.6 is 15.9 Å². The van der Waals surface area contributed by atoms with Crippen LogP contribution in [-0.2, 0) is 0 Å². The van der Waals surface area contributed by atoms with Gasteiger partial charge in [0.2, 0.25) is 5.88 Å². The molecule has 104 valence electrons. The fourth-order valence-electron chi connectivity index (χ4n) is 2.11. The van der Waals surface area contributed by atoms with E-state index in [-0.39, 0.29) is 5.69 Å². The van der Waals surface area contributed by atoms with E-state index in [1.54, 1.807) is 6.92 Å². The molecule has 1 aliphatic heterocycles. The first-order valence-electron chi connectivity index (χ1n) is 6.22. The normalized spacial score (nSPS) is 18.5. The van der Waals surface area contributed by atoms with Gasteiger partial charge >= 0.3 is 0 Å². The Morgan fingerprint density at radius 2 is 2.47 bits per heavy atom. The largest absolute Gasteiger partial charge is 0.477 e.